The summed E-state index contributed by atoms with van der Waals surface area (Å²) in [5, 5.41) is 11.6. The van der Waals surface area contributed by atoms with Gasteiger partial charge in [0.15, 0.2) is 0 Å². The number of aromatic nitrogens is 1. The summed E-state index contributed by atoms with van der Waals surface area (Å²) in [7, 11) is 3.22. The first kappa shape index (κ1) is 16.4. The molecule has 1 aromatic heterocycles. The zero-order chi connectivity index (χ0) is 17.8. The lowest BCUT2D eigenvalue weighted by Crippen LogP contribution is -1.91. The van der Waals surface area contributed by atoms with Gasteiger partial charge in [-0.15, -0.1) is 0 Å². The Balaban J connectivity index is 1.94. The summed E-state index contributed by atoms with van der Waals surface area (Å²) in [4.78, 5) is 14.9. The van der Waals surface area contributed by atoms with E-state index in [4.69, 9.17) is 9.47 Å². The molecule has 0 bridgehead atoms. The van der Waals surface area contributed by atoms with Gasteiger partial charge < -0.3 is 9.47 Å². The van der Waals surface area contributed by atoms with E-state index in [1.54, 1.807) is 26.4 Å². The van der Waals surface area contributed by atoms with Crippen LogP contribution in [0.5, 0.6) is 11.5 Å². The average molecular weight is 336 g/mol. The average Bonchev–Trinajstić information content (AvgIpc) is 2.65. The Kier molecular flexibility index (Phi) is 4.61. The summed E-state index contributed by atoms with van der Waals surface area (Å²) < 4.78 is 10.7. The van der Waals surface area contributed by atoms with Crippen molar-refractivity contribution in [3.8, 4) is 11.5 Å². The van der Waals surface area contributed by atoms with Crippen LogP contribution in [0.4, 0.5) is 5.69 Å². The molecule has 2 aromatic carbocycles. The van der Waals surface area contributed by atoms with E-state index in [-0.39, 0.29) is 5.69 Å². The highest BCUT2D eigenvalue weighted by atomic mass is 16.6. The Morgan fingerprint density at radius 1 is 1.00 bits per heavy atom. The monoisotopic (exact) mass is 336 g/mol. The van der Waals surface area contributed by atoms with Crippen molar-refractivity contribution in [3.05, 3.63) is 69.9 Å². The van der Waals surface area contributed by atoms with Gasteiger partial charge in [0.2, 0.25) is 0 Å². The second kappa shape index (κ2) is 7.00. The Morgan fingerprint density at radius 3 is 2.40 bits per heavy atom. The van der Waals surface area contributed by atoms with E-state index in [0.29, 0.717) is 5.75 Å². The molecule has 0 amide bonds. The summed E-state index contributed by atoms with van der Waals surface area (Å²) in [6.45, 7) is 0. The molecule has 0 atom stereocenters. The SMILES string of the molecule is COc1ccc2nc(/C=C/c3ccc([N+](=O)[O-])cc3)cc(OC)c2c1. The molecule has 3 aromatic rings. The van der Waals surface area contributed by atoms with Crippen molar-refractivity contribution in [2.24, 2.45) is 0 Å². The summed E-state index contributed by atoms with van der Waals surface area (Å²) in [5.74, 6) is 1.44. The van der Waals surface area contributed by atoms with Gasteiger partial charge in [-0.05, 0) is 42.0 Å². The van der Waals surface area contributed by atoms with Crippen LogP contribution in [0.25, 0.3) is 23.1 Å². The molecule has 0 aliphatic carbocycles. The van der Waals surface area contributed by atoms with Gasteiger partial charge >= 0.3 is 0 Å². The number of pyridine rings is 1. The molecule has 0 unspecified atom stereocenters. The van der Waals surface area contributed by atoms with Crippen molar-refractivity contribution in [1.82, 2.24) is 4.98 Å². The van der Waals surface area contributed by atoms with E-state index in [1.807, 2.05) is 36.4 Å². The Hall–Kier alpha value is -3.41. The van der Waals surface area contributed by atoms with Crippen molar-refractivity contribution in [3.63, 3.8) is 0 Å². The van der Waals surface area contributed by atoms with E-state index < -0.39 is 4.92 Å². The zero-order valence-electron chi connectivity index (χ0n) is 13.8. The van der Waals surface area contributed by atoms with Crippen LogP contribution in [0, 0.1) is 10.1 Å². The lowest BCUT2D eigenvalue weighted by molar-refractivity contribution is -0.384. The fraction of sp³-hybridized carbons (Fsp3) is 0.105. The number of nitro groups is 1. The minimum absolute atomic E-state index is 0.0663. The van der Waals surface area contributed by atoms with Crippen LogP contribution in [0.3, 0.4) is 0 Å². The number of benzene rings is 2. The van der Waals surface area contributed by atoms with Crippen LogP contribution < -0.4 is 9.47 Å². The van der Waals surface area contributed by atoms with Gasteiger partial charge in [0.05, 0.1) is 30.4 Å². The number of methoxy groups -OCH3 is 2. The number of nitro benzene ring substituents is 1. The first-order chi connectivity index (χ1) is 12.1. The lowest BCUT2D eigenvalue weighted by Gasteiger charge is -2.08. The molecule has 6 nitrogen and oxygen atoms in total. The van der Waals surface area contributed by atoms with Gasteiger partial charge in [0, 0.05) is 23.6 Å². The molecule has 1 heterocycles. The largest absolute Gasteiger partial charge is 0.497 e. The highest BCUT2D eigenvalue weighted by Crippen LogP contribution is 2.29. The van der Waals surface area contributed by atoms with E-state index >= 15 is 0 Å². The maximum absolute atomic E-state index is 10.7. The van der Waals surface area contributed by atoms with Crippen molar-refractivity contribution in [2.75, 3.05) is 14.2 Å². The van der Waals surface area contributed by atoms with Crippen LogP contribution in [0.1, 0.15) is 11.3 Å². The van der Waals surface area contributed by atoms with Crippen LogP contribution in [0.2, 0.25) is 0 Å². The first-order valence-electron chi connectivity index (χ1n) is 7.56. The summed E-state index contributed by atoms with van der Waals surface area (Å²) in [5.41, 5.74) is 2.44. The first-order valence-corrected chi connectivity index (χ1v) is 7.56. The predicted molar refractivity (Wildman–Crippen MR) is 96.9 cm³/mol. The quantitative estimate of drug-likeness (QED) is 0.512. The molecule has 3 rings (SSSR count). The number of ether oxygens (including phenoxy) is 2. The molecule has 0 aliphatic rings. The maximum Gasteiger partial charge on any atom is 0.269 e. The van der Waals surface area contributed by atoms with Crippen molar-refractivity contribution >= 4 is 28.7 Å². The fourth-order valence-electron chi connectivity index (χ4n) is 2.46. The van der Waals surface area contributed by atoms with Crippen LogP contribution in [-0.4, -0.2) is 24.1 Å². The minimum atomic E-state index is -0.419. The second-order valence-corrected chi connectivity index (χ2v) is 5.31. The number of nitrogens with zero attached hydrogens (tertiary/aromatic N) is 2. The van der Waals surface area contributed by atoms with Crippen LogP contribution in [-0.2, 0) is 0 Å². The normalized spacial score (nSPS) is 11.0. The van der Waals surface area contributed by atoms with Gasteiger partial charge in [-0.3, -0.25) is 10.1 Å². The van der Waals surface area contributed by atoms with E-state index in [9.17, 15) is 10.1 Å². The predicted octanol–water partition coefficient (Wildman–Crippen LogP) is 4.33. The molecule has 126 valence electrons. The minimum Gasteiger partial charge on any atom is -0.497 e. The maximum atomic E-state index is 10.7. The lowest BCUT2D eigenvalue weighted by atomic mass is 10.1. The Morgan fingerprint density at radius 2 is 1.76 bits per heavy atom. The molecule has 0 fully saturated rings. The smallest absolute Gasteiger partial charge is 0.269 e. The molecule has 25 heavy (non-hydrogen) atoms. The Labute approximate surface area is 144 Å². The van der Waals surface area contributed by atoms with Crippen molar-refractivity contribution < 1.29 is 14.4 Å². The third-order valence-electron chi connectivity index (χ3n) is 3.77. The Bertz CT molecular complexity index is 950. The molecule has 0 saturated carbocycles. The molecular formula is C19H16N2O4. The number of rotatable bonds is 5. The van der Waals surface area contributed by atoms with E-state index in [0.717, 1.165) is 27.9 Å². The standard InChI is InChI=1S/C19H16N2O4/c1-24-16-9-10-18-17(12-16)19(25-2)11-14(20-18)6-3-13-4-7-15(8-5-13)21(22)23/h3-12H,1-2H3/b6-3+. The molecule has 6 heteroatoms. The van der Waals surface area contributed by atoms with E-state index in [1.165, 1.54) is 12.1 Å². The number of non-ortho nitro benzene ring substituents is 1. The molecule has 0 saturated heterocycles. The molecule has 0 aliphatic heterocycles. The van der Waals surface area contributed by atoms with Gasteiger partial charge in [-0.25, -0.2) is 4.98 Å². The topological polar surface area (TPSA) is 74.5 Å². The van der Waals surface area contributed by atoms with Gasteiger partial charge in [-0.1, -0.05) is 6.08 Å². The van der Waals surface area contributed by atoms with E-state index in [2.05, 4.69) is 4.98 Å². The summed E-state index contributed by atoms with van der Waals surface area (Å²) in [6, 6.07) is 13.8. The summed E-state index contributed by atoms with van der Waals surface area (Å²) in [6.07, 6.45) is 3.69. The molecule has 0 N–H and O–H groups in total. The fourth-order valence-corrected chi connectivity index (χ4v) is 2.46. The van der Waals surface area contributed by atoms with Crippen LogP contribution >= 0.6 is 0 Å². The third kappa shape index (κ3) is 3.58. The second-order valence-electron chi connectivity index (χ2n) is 5.31. The van der Waals surface area contributed by atoms with Crippen LogP contribution in [0.15, 0.2) is 48.5 Å². The number of fused-ring (bicyclic) bond motifs is 1. The highest BCUT2D eigenvalue weighted by molar-refractivity contribution is 5.88. The molecule has 0 spiro atoms. The summed E-state index contributed by atoms with van der Waals surface area (Å²) >= 11 is 0. The molecular weight excluding hydrogens is 320 g/mol. The molecule has 0 radical (unpaired) electrons. The highest BCUT2D eigenvalue weighted by Gasteiger charge is 2.07. The third-order valence-corrected chi connectivity index (χ3v) is 3.77. The zero-order valence-corrected chi connectivity index (χ0v) is 13.8. The van der Waals surface area contributed by atoms with Gasteiger partial charge in [-0.2, -0.15) is 0 Å². The van der Waals surface area contributed by atoms with Gasteiger partial charge in [0.1, 0.15) is 11.5 Å². The number of hydrogen-bond acceptors (Lipinski definition) is 5. The van der Waals surface area contributed by atoms with Crippen molar-refractivity contribution in [1.29, 1.82) is 0 Å². The number of hydrogen-bond donors (Lipinski definition) is 0. The van der Waals surface area contributed by atoms with Gasteiger partial charge in [0.25, 0.3) is 5.69 Å². The van der Waals surface area contributed by atoms with Crippen molar-refractivity contribution in [2.45, 2.75) is 0 Å².